The highest BCUT2D eigenvalue weighted by atomic mass is 16.5. The fourth-order valence-electron chi connectivity index (χ4n) is 3.60. The molecule has 0 amide bonds. The molecule has 1 fully saturated rings. The Morgan fingerprint density at radius 1 is 0.478 bits per heavy atom. The molecule has 0 saturated heterocycles. The maximum Gasteiger partial charge on any atom is 0.189 e. The topological polar surface area (TPSA) is 60.7 Å². The minimum atomic E-state index is -1.89. The molecule has 0 spiro atoms. The normalized spacial score (nSPS) is 28.0. The first-order valence-corrected chi connectivity index (χ1v) is 10.3. The first-order valence-electron chi connectivity index (χ1n) is 10.3. The molecular formula is C20H40O3. The maximum atomic E-state index is 10.0. The molecule has 23 heavy (non-hydrogen) atoms. The van der Waals surface area contributed by atoms with Gasteiger partial charge in [-0.25, -0.2) is 0 Å². The molecule has 1 aliphatic carbocycles. The predicted molar refractivity (Wildman–Crippen MR) is 96.3 cm³/mol. The van der Waals surface area contributed by atoms with Gasteiger partial charge in [-0.2, -0.15) is 0 Å². The average Bonchev–Trinajstić information content (AvgIpc) is 2.52. The van der Waals surface area contributed by atoms with Crippen LogP contribution in [0.2, 0.25) is 0 Å². The van der Waals surface area contributed by atoms with Gasteiger partial charge in [0, 0.05) is 6.42 Å². The molecule has 0 aromatic rings. The van der Waals surface area contributed by atoms with E-state index in [4.69, 9.17) is 0 Å². The zero-order valence-corrected chi connectivity index (χ0v) is 15.1. The summed E-state index contributed by atoms with van der Waals surface area (Å²) in [6, 6.07) is 0. The molecule has 1 atom stereocenters. The third-order valence-corrected chi connectivity index (χ3v) is 5.31. The van der Waals surface area contributed by atoms with Crippen LogP contribution in [0.15, 0.2) is 0 Å². The summed E-state index contributed by atoms with van der Waals surface area (Å²) in [6.07, 6.45) is 19.5. The van der Waals surface area contributed by atoms with Crippen LogP contribution in [0.3, 0.4) is 0 Å². The van der Waals surface area contributed by atoms with Crippen molar-refractivity contribution >= 4 is 0 Å². The van der Waals surface area contributed by atoms with Crippen LogP contribution >= 0.6 is 0 Å². The SMILES string of the molecule is OC1CCCCCCCCCCCCCCCCCCC1(O)O. The van der Waals surface area contributed by atoms with Gasteiger partial charge in [0.05, 0.1) is 0 Å². The average molecular weight is 329 g/mol. The Morgan fingerprint density at radius 2 is 0.783 bits per heavy atom. The number of hydrogen-bond acceptors (Lipinski definition) is 3. The van der Waals surface area contributed by atoms with Crippen molar-refractivity contribution in [2.24, 2.45) is 0 Å². The zero-order valence-electron chi connectivity index (χ0n) is 15.1. The number of hydrogen-bond donors (Lipinski definition) is 3. The highest BCUT2D eigenvalue weighted by molar-refractivity contribution is 4.75. The van der Waals surface area contributed by atoms with Gasteiger partial charge in [-0.3, -0.25) is 0 Å². The van der Waals surface area contributed by atoms with Crippen molar-refractivity contribution in [2.75, 3.05) is 0 Å². The van der Waals surface area contributed by atoms with Crippen LogP contribution in [0.25, 0.3) is 0 Å². The summed E-state index contributed by atoms with van der Waals surface area (Å²) < 4.78 is 0. The van der Waals surface area contributed by atoms with Crippen LogP contribution in [0.1, 0.15) is 116 Å². The molecule has 0 aromatic heterocycles. The Bertz CT molecular complexity index is 266. The van der Waals surface area contributed by atoms with Gasteiger partial charge >= 0.3 is 0 Å². The first-order chi connectivity index (χ1) is 11.1. The standard InChI is InChI=1S/C20H40O3/c21-19-17-15-13-11-9-7-5-3-1-2-4-6-8-10-12-14-16-18-20(19,22)23/h19,21-23H,1-18H2. The van der Waals surface area contributed by atoms with E-state index in [2.05, 4.69) is 0 Å². The van der Waals surface area contributed by atoms with E-state index < -0.39 is 11.9 Å². The maximum absolute atomic E-state index is 10.0. The van der Waals surface area contributed by atoms with E-state index >= 15 is 0 Å². The van der Waals surface area contributed by atoms with Crippen molar-refractivity contribution in [3.8, 4) is 0 Å². The molecule has 3 N–H and O–H groups in total. The largest absolute Gasteiger partial charge is 0.388 e. The molecule has 0 radical (unpaired) electrons. The molecule has 0 aromatic carbocycles. The minimum Gasteiger partial charge on any atom is -0.388 e. The molecule has 1 rings (SSSR count). The third kappa shape index (κ3) is 11.1. The van der Waals surface area contributed by atoms with Gasteiger partial charge in [-0.1, -0.05) is 96.3 Å². The predicted octanol–water partition coefficient (Wildman–Crippen LogP) is 5.06. The van der Waals surface area contributed by atoms with Gasteiger partial charge in [0.15, 0.2) is 5.79 Å². The van der Waals surface area contributed by atoms with Crippen molar-refractivity contribution in [3.05, 3.63) is 0 Å². The molecule has 1 aliphatic rings. The smallest absolute Gasteiger partial charge is 0.189 e. The lowest BCUT2D eigenvalue weighted by Gasteiger charge is -2.27. The fourth-order valence-corrected chi connectivity index (χ4v) is 3.60. The Morgan fingerprint density at radius 3 is 1.17 bits per heavy atom. The Kier molecular flexibility index (Phi) is 12.0. The molecule has 3 heteroatoms. The van der Waals surface area contributed by atoms with Crippen LogP contribution in [-0.2, 0) is 0 Å². The summed E-state index contributed by atoms with van der Waals surface area (Å²) in [6.45, 7) is 0. The highest BCUT2D eigenvalue weighted by Crippen LogP contribution is 2.22. The number of aliphatic hydroxyl groups excluding tert-OH is 1. The fraction of sp³-hybridized carbons (Fsp3) is 1.00. The third-order valence-electron chi connectivity index (χ3n) is 5.31. The van der Waals surface area contributed by atoms with Gasteiger partial charge < -0.3 is 15.3 Å². The van der Waals surface area contributed by atoms with E-state index in [9.17, 15) is 15.3 Å². The van der Waals surface area contributed by atoms with Crippen LogP contribution in [0.4, 0.5) is 0 Å². The lowest BCUT2D eigenvalue weighted by atomic mass is 9.96. The van der Waals surface area contributed by atoms with E-state index in [-0.39, 0.29) is 0 Å². The Balaban J connectivity index is 2.26. The lowest BCUT2D eigenvalue weighted by molar-refractivity contribution is -0.230. The van der Waals surface area contributed by atoms with Crippen molar-refractivity contribution in [1.29, 1.82) is 0 Å². The molecule has 1 saturated carbocycles. The van der Waals surface area contributed by atoms with E-state index in [1.54, 1.807) is 0 Å². The summed E-state index contributed by atoms with van der Waals surface area (Å²) in [4.78, 5) is 0. The number of rotatable bonds is 0. The molecule has 1 unspecified atom stereocenters. The van der Waals surface area contributed by atoms with Crippen molar-refractivity contribution < 1.29 is 15.3 Å². The summed E-state index contributed by atoms with van der Waals surface area (Å²) in [5, 5.41) is 30.0. The van der Waals surface area contributed by atoms with Gasteiger partial charge in [0.25, 0.3) is 0 Å². The van der Waals surface area contributed by atoms with E-state index in [1.165, 1.54) is 77.0 Å². The van der Waals surface area contributed by atoms with E-state index in [0.717, 1.165) is 25.7 Å². The summed E-state index contributed by atoms with van der Waals surface area (Å²) in [5.41, 5.74) is 0. The summed E-state index contributed by atoms with van der Waals surface area (Å²) in [7, 11) is 0. The minimum absolute atomic E-state index is 0.300. The zero-order chi connectivity index (χ0) is 16.8. The monoisotopic (exact) mass is 328 g/mol. The molecule has 3 nitrogen and oxygen atoms in total. The molecular weight excluding hydrogens is 288 g/mol. The first kappa shape index (κ1) is 20.9. The van der Waals surface area contributed by atoms with Gasteiger partial charge in [-0.15, -0.1) is 0 Å². The quantitative estimate of drug-likeness (QED) is 0.544. The molecule has 0 bridgehead atoms. The Labute approximate surface area is 143 Å². The molecule has 0 aliphatic heterocycles. The van der Waals surface area contributed by atoms with E-state index in [0.29, 0.717) is 12.8 Å². The van der Waals surface area contributed by atoms with Crippen LogP contribution in [0.5, 0.6) is 0 Å². The highest BCUT2D eigenvalue weighted by Gasteiger charge is 2.31. The van der Waals surface area contributed by atoms with E-state index in [1.807, 2.05) is 0 Å². The van der Waals surface area contributed by atoms with Gasteiger partial charge in [0.2, 0.25) is 0 Å². The second-order valence-electron chi connectivity index (χ2n) is 7.59. The molecule has 138 valence electrons. The summed E-state index contributed by atoms with van der Waals surface area (Å²) >= 11 is 0. The molecule has 0 heterocycles. The lowest BCUT2D eigenvalue weighted by Crippen LogP contribution is -2.42. The van der Waals surface area contributed by atoms with Gasteiger partial charge in [-0.05, 0) is 12.8 Å². The van der Waals surface area contributed by atoms with Crippen LogP contribution < -0.4 is 0 Å². The van der Waals surface area contributed by atoms with Crippen molar-refractivity contribution in [3.63, 3.8) is 0 Å². The second-order valence-corrected chi connectivity index (χ2v) is 7.59. The van der Waals surface area contributed by atoms with Crippen LogP contribution in [0, 0.1) is 0 Å². The summed E-state index contributed by atoms with van der Waals surface area (Å²) in [5.74, 6) is -1.89. The Hall–Kier alpha value is -0.120. The number of aliphatic hydroxyl groups is 3. The van der Waals surface area contributed by atoms with Crippen molar-refractivity contribution in [2.45, 2.75) is 127 Å². The second kappa shape index (κ2) is 13.2. The van der Waals surface area contributed by atoms with Gasteiger partial charge in [0.1, 0.15) is 6.10 Å². The van der Waals surface area contributed by atoms with Crippen LogP contribution in [-0.4, -0.2) is 27.2 Å². The van der Waals surface area contributed by atoms with Crippen molar-refractivity contribution in [1.82, 2.24) is 0 Å².